The second-order valence-electron chi connectivity index (χ2n) is 5.24. The van der Waals surface area contributed by atoms with Gasteiger partial charge < -0.3 is 0 Å². The molecule has 6 nitrogen and oxygen atoms in total. The van der Waals surface area contributed by atoms with E-state index in [4.69, 9.17) is 0 Å². The minimum Gasteiger partial charge on any atom is -0.283 e. The van der Waals surface area contributed by atoms with Crippen molar-refractivity contribution in [3.05, 3.63) is 63.2 Å². The fourth-order valence-electron chi connectivity index (χ4n) is 2.40. The summed E-state index contributed by atoms with van der Waals surface area (Å²) in [5.74, 6) is -1.27. The number of sulfonamides is 1. The molecule has 0 atom stereocenters. The lowest BCUT2D eigenvalue weighted by Crippen LogP contribution is -2.35. The Labute approximate surface area is 153 Å². The number of rotatable bonds is 5. The molecule has 124 valence electrons. The first kappa shape index (κ1) is 16.9. The Kier molecular flexibility index (Phi) is 4.59. The van der Waals surface area contributed by atoms with E-state index in [1.807, 2.05) is 0 Å². The molecule has 0 unspecified atom stereocenters. The molecule has 3 rings (SSSR count). The number of hydrogen-bond donors (Lipinski definition) is 1. The van der Waals surface area contributed by atoms with E-state index in [0.29, 0.717) is 16.8 Å². The molecule has 0 aromatic heterocycles. The molecule has 0 saturated heterocycles. The third-order valence-electron chi connectivity index (χ3n) is 3.58. The zero-order chi connectivity index (χ0) is 17.3. The van der Waals surface area contributed by atoms with Crippen molar-refractivity contribution in [1.29, 1.82) is 0 Å². The topological polar surface area (TPSA) is 83.6 Å². The Morgan fingerprint density at radius 1 is 0.917 bits per heavy atom. The van der Waals surface area contributed by atoms with Crippen LogP contribution >= 0.6 is 22.6 Å². The molecule has 1 aliphatic rings. The van der Waals surface area contributed by atoms with Crippen molar-refractivity contribution in [2.24, 2.45) is 0 Å². The summed E-state index contributed by atoms with van der Waals surface area (Å²) in [6, 6.07) is 13.3. The summed E-state index contributed by atoms with van der Waals surface area (Å²) in [6.45, 7) is -0.188. The third-order valence-corrected chi connectivity index (χ3v) is 5.57. The zero-order valence-electron chi connectivity index (χ0n) is 12.4. The van der Waals surface area contributed by atoms with Gasteiger partial charge in [0.15, 0.2) is 0 Å². The summed E-state index contributed by atoms with van der Waals surface area (Å²) in [5.41, 5.74) is 1.06. The van der Waals surface area contributed by atoms with Gasteiger partial charge in [-0.25, -0.2) is 8.42 Å². The van der Waals surface area contributed by atoms with Crippen molar-refractivity contribution in [1.82, 2.24) is 4.90 Å². The number of hydrogen-bond acceptors (Lipinski definition) is 4. The van der Waals surface area contributed by atoms with Gasteiger partial charge in [-0.2, -0.15) is 0 Å². The number of carbonyl (C=O) groups excluding carboxylic acids is 2. The van der Waals surface area contributed by atoms with Crippen LogP contribution in [0, 0.1) is 3.57 Å². The van der Waals surface area contributed by atoms with E-state index >= 15 is 0 Å². The molecule has 24 heavy (non-hydrogen) atoms. The van der Waals surface area contributed by atoms with Gasteiger partial charge in [0.25, 0.3) is 11.8 Å². The number of benzene rings is 2. The molecular formula is C16H13IN2O4S. The standard InChI is InChI=1S/C16H13IN2O4S/c17-11-5-7-12(8-6-11)18-24(22,23)10-9-19-15(20)13-3-1-2-4-14(13)16(19)21/h1-8,18H,9-10H2. The number of halogens is 1. The van der Waals surface area contributed by atoms with Crippen LogP contribution in [-0.4, -0.2) is 37.4 Å². The fraction of sp³-hybridized carbons (Fsp3) is 0.125. The Balaban J connectivity index is 1.68. The molecule has 0 bridgehead atoms. The van der Waals surface area contributed by atoms with Crippen molar-refractivity contribution >= 4 is 50.1 Å². The van der Waals surface area contributed by atoms with Crippen LogP contribution in [0.2, 0.25) is 0 Å². The summed E-state index contributed by atoms with van der Waals surface area (Å²) < 4.78 is 27.8. The SMILES string of the molecule is O=C1c2ccccc2C(=O)N1CCS(=O)(=O)Nc1ccc(I)cc1. The van der Waals surface area contributed by atoms with Crippen LogP contribution in [0.5, 0.6) is 0 Å². The maximum absolute atomic E-state index is 12.2. The lowest BCUT2D eigenvalue weighted by molar-refractivity contribution is 0.0664. The summed E-state index contributed by atoms with van der Waals surface area (Å²) in [6.07, 6.45) is 0. The van der Waals surface area contributed by atoms with Crippen LogP contribution in [0.1, 0.15) is 20.7 Å². The molecule has 0 spiro atoms. The minimum absolute atomic E-state index is 0.188. The van der Waals surface area contributed by atoms with Gasteiger partial charge in [-0.05, 0) is 59.0 Å². The normalized spacial score (nSPS) is 14.0. The Hall–Kier alpha value is -1.94. The second-order valence-corrected chi connectivity index (χ2v) is 8.32. The first-order valence-electron chi connectivity index (χ1n) is 7.09. The molecular weight excluding hydrogens is 443 g/mol. The van der Waals surface area contributed by atoms with Crippen molar-refractivity contribution < 1.29 is 18.0 Å². The summed E-state index contributed by atoms with van der Waals surface area (Å²) >= 11 is 2.12. The van der Waals surface area contributed by atoms with Gasteiger partial charge >= 0.3 is 0 Å². The third kappa shape index (κ3) is 3.44. The van der Waals surface area contributed by atoms with Gasteiger partial charge in [-0.3, -0.25) is 19.2 Å². The molecule has 0 radical (unpaired) electrons. The highest BCUT2D eigenvalue weighted by Gasteiger charge is 2.35. The van der Waals surface area contributed by atoms with Gasteiger partial charge in [0.2, 0.25) is 10.0 Å². The number of anilines is 1. The molecule has 2 aromatic carbocycles. The minimum atomic E-state index is -3.67. The van der Waals surface area contributed by atoms with E-state index in [2.05, 4.69) is 27.3 Å². The van der Waals surface area contributed by atoms with E-state index < -0.39 is 21.8 Å². The maximum Gasteiger partial charge on any atom is 0.261 e. The number of amides is 2. The van der Waals surface area contributed by atoms with E-state index in [-0.39, 0.29) is 12.3 Å². The van der Waals surface area contributed by atoms with Crippen LogP contribution < -0.4 is 4.72 Å². The van der Waals surface area contributed by atoms with E-state index in [9.17, 15) is 18.0 Å². The smallest absolute Gasteiger partial charge is 0.261 e. The largest absolute Gasteiger partial charge is 0.283 e. The van der Waals surface area contributed by atoms with Gasteiger partial charge in [-0.1, -0.05) is 12.1 Å². The molecule has 0 saturated carbocycles. The quantitative estimate of drug-likeness (QED) is 0.553. The van der Waals surface area contributed by atoms with Crippen molar-refractivity contribution in [3.8, 4) is 0 Å². The molecule has 0 fully saturated rings. The highest BCUT2D eigenvalue weighted by atomic mass is 127. The van der Waals surface area contributed by atoms with Crippen LogP contribution in [0.25, 0.3) is 0 Å². The average molecular weight is 456 g/mol. The summed E-state index contributed by atoms with van der Waals surface area (Å²) in [7, 11) is -3.67. The monoisotopic (exact) mass is 456 g/mol. The van der Waals surface area contributed by atoms with Crippen LogP contribution in [0.3, 0.4) is 0 Å². The van der Waals surface area contributed by atoms with Crippen molar-refractivity contribution in [3.63, 3.8) is 0 Å². The lowest BCUT2D eigenvalue weighted by atomic mass is 10.1. The van der Waals surface area contributed by atoms with Crippen molar-refractivity contribution in [2.45, 2.75) is 0 Å². The number of nitrogens with zero attached hydrogens (tertiary/aromatic N) is 1. The number of nitrogens with one attached hydrogen (secondary N) is 1. The lowest BCUT2D eigenvalue weighted by Gasteiger charge is -2.14. The van der Waals surface area contributed by atoms with Crippen LogP contribution in [-0.2, 0) is 10.0 Å². The second kappa shape index (κ2) is 6.52. The molecule has 2 aromatic rings. The predicted octanol–water partition coefficient (Wildman–Crippen LogP) is 2.33. The van der Waals surface area contributed by atoms with Gasteiger partial charge in [0, 0.05) is 15.8 Å². The molecule has 1 aliphatic heterocycles. The van der Waals surface area contributed by atoms with Gasteiger partial charge in [0.05, 0.1) is 16.9 Å². The Morgan fingerprint density at radius 3 is 2.00 bits per heavy atom. The molecule has 1 heterocycles. The molecule has 0 aliphatic carbocycles. The number of fused-ring (bicyclic) bond motifs is 1. The highest BCUT2D eigenvalue weighted by Crippen LogP contribution is 2.22. The zero-order valence-corrected chi connectivity index (χ0v) is 15.4. The Morgan fingerprint density at radius 2 is 1.46 bits per heavy atom. The Bertz CT molecular complexity index is 875. The van der Waals surface area contributed by atoms with E-state index in [1.165, 1.54) is 0 Å². The van der Waals surface area contributed by atoms with Gasteiger partial charge in [0.1, 0.15) is 0 Å². The average Bonchev–Trinajstić information content (AvgIpc) is 2.79. The van der Waals surface area contributed by atoms with E-state index in [1.54, 1.807) is 48.5 Å². The number of imide groups is 1. The number of carbonyl (C=O) groups is 2. The molecule has 2 amide bonds. The predicted molar refractivity (Wildman–Crippen MR) is 98.4 cm³/mol. The molecule has 1 N–H and O–H groups in total. The fourth-order valence-corrected chi connectivity index (χ4v) is 3.78. The summed E-state index contributed by atoms with van der Waals surface area (Å²) in [4.78, 5) is 25.4. The van der Waals surface area contributed by atoms with Crippen LogP contribution in [0.4, 0.5) is 5.69 Å². The molecule has 8 heteroatoms. The van der Waals surface area contributed by atoms with E-state index in [0.717, 1.165) is 8.47 Å². The first-order valence-corrected chi connectivity index (χ1v) is 9.82. The summed E-state index contributed by atoms with van der Waals surface area (Å²) in [5, 5.41) is 0. The van der Waals surface area contributed by atoms with Crippen molar-refractivity contribution in [2.75, 3.05) is 17.0 Å². The van der Waals surface area contributed by atoms with Gasteiger partial charge in [-0.15, -0.1) is 0 Å². The maximum atomic E-state index is 12.2. The highest BCUT2D eigenvalue weighted by molar-refractivity contribution is 14.1. The first-order chi connectivity index (χ1) is 11.4. The van der Waals surface area contributed by atoms with Crippen LogP contribution in [0.15, 0.2) is 48.5 Å².